The van der Waals surface area contributed by atoms with Gasteiger partial charge in [0.1, 0.15) is 0 Å². The largest absolute Gasteiger partial charge is 0.347 e. The minimum atomic E-state index is -0.402. The summed E-state index contributed by atoms with van der Waals surface area (Å²) in [5.41, 5.74) is 1.28. The molecular weight excluding hydrogens is 292 g/mol. The standard InChI is InChI=1S/C18H26N2O3/c1-19(15-16-5-3-2-4-6-16)10-7-17(21)20-11-8-18(9-12-20)22-13-14-23-18/h2-6H,7-15H2,1H3. The molecule has 0 N–H and O–H groups in total. The SMILES string of the molecule is CN(CCC(=O)N1CCC2(CC1)OCCO2)Cc1ccccc1. The fourth-order valence-electron chi connectivity index (χ4n) is 3.30. The molecule has 0 bridgehead atoms. The van der Waals surface area contributed by atoms with Gasteiger partial charge in [-0.3, -0.25) is 4.79 Å². The van der Waals surface area contributed by atoms with E-state index in [1.807, 2.05) is 23.1 Å². The predicted octanol–water partition coefficient (Wildman–Crippen LogP) is 1.87. The van der Waals surface area contributed by atoms with Crippen LogP contribution in [0.5, 0.6) is 0 Å². The van der Waals surface area contributed by atoms with Gasteiger partial charge in [-0.25, -0.2) is 0 Å². The van der Waals surface area contributed by atoms with Crippen LogP contribution in [0.3, 0.4) is 0 Å². The summed E-state index contributed by atoms with van der Waals surface area (Å²) in [4.78, 5) is 16.5. The van der Waals surface area contributed by atoms with E-state index in [9.17, 15) is 4.79 Å². The van der Waals surface area contributed by atoms with Gasteiger partial charge < -0.3 is 19.3 Å². The van der Waals surface area contributed by atoms with Gasteiger partial charge in [-0.05, 0) is 12.6 Å². The van der Waals surface area contributed by atoms with E-state index in [1.54, 1.807) is 0 Å². The highest BCUT2D eigenvalue weighted by Crippen LogP contribution is 2.31. The van der Waals surface area contributed by atoms with Crippen molar-refractivity contribution in [2.24, 2.45) is 0 Å². The second-order valence-electron chi connectivity index (χ2n) is 6.46. The van der Waals surface area contributed by atoms with Crippen molar-refractivity contribution < 1.29 is 14.3 Å². The molecule has 1 aromatic rings. The molecular formula is C18H26N2O3. The summed E-state index contributed by atoms with van der Waals surface area (Å²) in [7, 11) is 2.06. The molecule has 23 heavy (non-hydrogen) atoms. The van der Waals surface area contributed by atoms with Gasteiger partial charge in [-0.15, -0.1) is 0 Å². The Morgan fingerprint density at radius 3 is 2.48 bits per heavy atom. The molecule has 0 aromatic heterocycles. The minimum Gasteiger partial charge on any atom is -0.347 e. The molecule has 2 heterocycles. The quantitative estimate of drug-likeness (QED) is 0.831. The van der Waals surface area contributed by atoms with E-state index in [2.05, 4.69) is 24.1 Å². The Morgan fingerprint density at radius 1 is 1.17 bits per heavy atom. The van der Waals surface area contributed by atoms with E-state index in [1.165, 1.54) is 5.56 Å². The number of likely N-dealkylation sites (tertiary alicyclic amines) is 1. The summed E-state index contributed by atoms with van der Waals surface area (Å²) in [6.45, 7) is 4.49. The van der Waals surface area contributed by atoms with Crippen LogP contribution in [0, 0.1) is 0 Å². The zero-order valence-electron chi connectivity index (χ0n) is 13.9. The number of carbonyl (C=O) groups is 1. The van der Waals surface area contributed by atoms with Gasteiger partial charge >= 0.3 is 0 Å². The van der Waals surface area contributed by atoms with Crippen LogP contribution in [0.15, 0.2) is 30.3 Å². The normalized spacial score (nSPS) is 20.3. The Morgan fingerprint density at radius 2 is 1.83 bits per heavy atom. The Bertz CT molecular complexity index is 504. The molecule has 0 radical (unpaired) electrons. The molecule has 2 saturated heterocycles. The molecule has 0 atom stereocenters. The summed E-state index contributed by atoms with van der Waals surface area (Å²) in [5, 5.41) is 0. The van der Waals surface area contributed by atoms with Crippen LogP contribution < -0.4 is 0 Å². The molecule has 5 nitrogen and oxygen atoms in total. The molecule has 0 unspecified atom stereocenters. The first kappa shape index (κ1) is 16.4. The molecule has 1 amide bonds. The van der Waals surface area contributed by atoms with E-state index in [-0.39, 0.29) is 5.91 Å². The molecule has 2 aliphatic rings. The van der Waals surface area contributed by atoms with E-state index < -0.39 is 5.79 Å². The van der Waals surface area contributed by atoms with Gasteiger partial charge in [0.15, 0.2) is 5.79 Å². The molecule has 0 aliphatic carbocycles. The van der Waals surface area contributed by atoms with Crippen molar-refractivity contribution in [2.45, 2.75) is 31.6 Å². The Labute approximate surface area is 138 Å². The maximum absolute atomic E-state index is 12.4. The second kappa shape index (κ2) is 7.43. The number of carbonyl (C=O) groups excluding carboxylic acids is 1. The zero-order valence-corrected chi connectivity index (χ0v) is 13.9. The third-order valence-corrected chi connectivity index (χ3v) is 4.69. The number of benzene rings is 1. The molecule has 3 rings (SSSR count). The predicted molar refractivity (Wildman–Crippen MR) is 87.8 cm³/mol. The number of nitrogens with zero attached hydrogens (tertiary/aromatic N) is 2. The summed E-state index contributed by atoms with van der Waals surface area (Å²) in [6, 6.07) is 10.3. The highest BCUT2D eigenvalue weighted by Gasteiger charge is 2.40. The number of piperidine rings is 1. The third kappa shape index (κ3) is 4.31. The lowest BCUT2D eigenvalue weighted by Crippen LogP contribution is -2.47. The zero-order chi connectivity index (χ0) is 16.1. The van der Waals surface area contributed by atoms with Crippen LogP contribution in [0.4, 0.5) is 0 Å². The van der Waals surface area contributed by atoms with Crippen LogP contribution in [0.25, 0.3) is 0 Å². The smallest absolute Gasteiger partial charge is 0.223 e. The lowest BCUT2D eigenvalue weighted by Gasteiger charge is -2.37. The van der Waals surface area contributed by atoms with Crippen LogP contribution in [0.1, 0.15) is 24.8 Å². The molecule has 1 spiro atoms. The first-order chi connectivity index (χ1) is 11.2. The first-order valence-corrected chi connectivity index (χ1v) is 8.45. The molecule has 0 saturated carbocycles. The molecule has 126 valence electrons. The van der Waals surface area contributed by atoms with Crippen LogP contribution in [0.2, 0.25) is 0 Å². The number of hydrogen-bond donors (Lipinski definition) is 0. The number of ether oxygens (including phenoxy) is 2. The topological polar surface area (TPSA) is 42.0 Å². The molecule has 2 fully saturated rings. The van der Waals surface area contributed by atoms with Crippen molar-refractivity contribution in [3.8, 4) is 0 Å². The fraction of sp³-hybridized carbons (Fsp3) is 0.611. The van der Waals surface area contributed by atoms with Gasteiger partial charge in [-0.1, -0.05) is 30.3 Å². The monoisotopic (exact) mass is 318 g/mol. The average molecular weight is 318 g/mol. The van der Waals surface area contributed by atoms with Crippen molar-refractivity contribution in [1.29, 1.82) is 0 Å². The van der Waals surface area contributed by atoms with Gasteiger partial charge in [0.05, 0.1) is 13.2 Å². The summed E-state index contributed by atoms with van der Waals surface area (Å²) in [5.74, 6) is -0.168. The Kier molecular flexibility index (Phi) is 5.30. The van der Waals surface area contributed by atoms with Crippen molar-refractivity contribution in [2.75, 3.05) is 39.9 Å². The fourth-order valence-corrected chi connectivity index (χ4v) is 3.30. The lowest BCUT2D eigenvalue weighted by atomic mass is 10.0. The van der Waals surface area contributed by atoms with E-state index in [4.69, 9.17) is 9.47 Å². The first-order valence-electron chi connectivity index (χ1n) is 8.45. The summed E-state index contributed by atoms with van der Waals surface area (Å²) in [6.07, 6.45) is 2.15. The Balaban J connectivity index is 1.39. The maximum Gasteiger partial charge on any atom is 0.223 e. The third-order valence-electron chi connectivity index (χ3n) is 4.69. The van der Waals surface area contributed by atoms with Gasteiger partial charge in [0, 0.05) is 45.4 Å². The van der Waals surface area contributed by atoms with Gasteiger partial charge in [0.25, 0.3) is 0 Å². The maximum atomic E-state index is 12.4. The lowest BCUT2D eigenvalue weighted by molar-refractivity contribution is -0.187. The summed E-state index contributed by atoms with van der Waals surface area (Å²) < 4.78 is 11.4. The van der Waals surface area contributed by atoms with E-state index in [0.29, 0.717) is 19.6 Å². The summed E-state index contributed by atoms with van der Waals surface area (Å²) >= 11 is 0. The molecule has 1 aromatic carbocycles. The Hall–Kier alpha value is -1.43. The molecule has 2 aliphatic heterocycles. The average Bonchev–Trinajstić information content (AvgIpc) is 3.02. The van der Waals surface area contributed by atoms with Crippen molar-refractivity contribution in [1.82, 2.24) is 9.80 Å². The highest BCUT2D eigenvalue weighted by atomic mass is 16.7. The van der Waals surface area contributed by atoms with Crippen LogP contribution in [-0.4, -0.2) is 61.4 Å². The van der Waals surface area contributed by atoms with E-state index >= 15 is 0 Å². The minimum absolute atomic E-state index is 0.234. The van der Waals surface area contributed by atoms with E-state index in [0.717, 1.165) is 39.0 Å². The number of hydrogen-bond acceptors (Lipinski definition) is 4. The van der Waals surface area contributed by atoms with Crippen molar-refractivity contribution in [3.05, 3.63) is 35.9 Å². The highest BCUT2D eigenvalue weighted by molar-refractivity contribution is 5.76. The van der Waals surface area contributed by atoms with Crippen LogP contribution in [-0.2, 0) is 20.8 Å². The van der Waals surface area contributed by atoms with Gasteiger partial charge in [-0.2, -0.15) is 0 Å². The number of amides is 1. The number of rotatable bonds is 5. The van der Waals surface area contributed by atoms with Gasteiger partial charge in [0.2, 0.25) is 5.91 Å². The van der Waals surface area contributed by atoms with Crippen molar-refractivity contribution in [3.63, 3.8) is 0 Å². The molecule has 5 heteroatoms. The van der Waals surface area contributed by atoms with Crippen molar-refractivity contribution >= 4 is 5.91 Å². The second-order valence-corrected chi connectivity index (χ2v) is 6.46. The van der Waals surface area contributed by atoms with Crippen LogP contribution >= 0.6 is 0 Å².